The van der Waals surface area contributed by atoms with Gasteiger partial charge in [-0.05, 0) is 46.5 Å². The first-order valence-electron chi connectivity index (χ1n) is 14.3. The lowest BCUT2D eigenvalue weighted by atomic mass is 9.98. The van der Waals surface area contributed by atoms with Gasteiger partial charge in [0, 0.05) is 30.5 Å². The average Bonchev–Trinajstić information content (AvgIpc) is 3.60. The first kappa shape index (κ1) is 31.3. The highest BCUT2D eigenvalue weighted by Crippen LogP contribution is 2.30. The number of hydrogen-bond donors (Lipinski definition) is 3. The van der Waals surface area contributed by atoms with Crippen molar-refractivity contribution in [2.24, 2.45) is 0 Å². The molecule has 0 saturated carbocycles. The molecule has 0 spiro atoms. The highest BCUT2D eigenvalue weighted by molar-refractivity contribution is 8.13. The molecule has 0 aliphatic heterocycles. The highest BCUT2D eigenvalue weighted by Gasteiger charge is 2.22. The zero-order chi connectivity index (χ0) is 31.6. The Hall–Kier alpha value is -5.13. The molecule has 0 saturated heterocycles. The van der Waals surface area contributed by atoms with E-state index >= 15 is 0 Å². The van der Waals surface area contributed by atoms with Crippen molar-refractivity contribution in [1.82, 2.24) is 31.3 Å². The van der Waals surface area contributed by atoms with Crippen molar-refractivity contribution in [1.29, 1.82) is 0 Å². The van der Waals surface area contributed by atoms with Crippen LogP contribution in [0, 0.1) is 6.92 Å². The molecule has 1 amide bonds. The van der Waals surface area contributed by atoms with Crippen LogP contribution in [0.15, 0.2) is 102 Å². The van der Waals surface area contributed by atoms with E-state index in [4.69, 9.17) is 4.74 Å². The standard InChI is InChI=1S/C34H32N6O4S/c1-22-12-17-31(45-23(2)41)29(18-22)33(42)36-20-30(34(43)44-21-25-8-4-3-5-9-25)35-19-24-13-15-26(16-14-24)27-10-6-7-11-28(27)32-37-39-40-38-32/h3-18,30,35H,19-21H2,1-2H3,(H,36,42)(H,37,38,39,40). The second-order valence-electron chi connectivity index (χ2n) is 10.3. The van der Waals surface area contributed by atoms with Gasteiger partial charge in [0.1, 0.15) is 12.6 Å². The summed E-state index contributed by atoms with van der Waals surface area (Å²) >= 11 is 0.997. The third-order valence-electron chi connectivity index (χ3n) is 6.94. The Kier molecular flexibility index (Phi) is 10.5. The molecule has 0 aliphatic rings. The predicted molar refractivity (Wildman–Crippen MR) is 172 cm³/mol. The number of carbonyl (C=O) groups excluding carboxylic acids is 3. The summed E-state index contributed by atoms with van der Waals surface area (Å²) in [5, 5.41) is 20.4. The molecule has 0 fully saturated rings. The molecule has 45 heavy (non-hydrogen) atoms. The maximum atomic E-state index is 13.2. The van der Waals surface area contributed by atoms with Crippen LogP contribution in [-0.4, -0.2) is 50.2 Å². The molecule has 0 radical (unpaired) electrons. The van der Waals surface area contributed by atoms with Crippen molar-refractivity contribution < 1.29 is 19.1 Å². The van der Waals surface area contributed by atoms with Crippen LogP contribution in [0.3, 0.4) is 0 Å². The van der Waals surface area contributed by atoms with E-state index in [9.17, 15) is 14.4 Å². The summed E-state index contributed by atoms with van der Waals surface area (Å²) in [7, 11) is 0. The molecule has 1 aromatic heterocycles. The summed E-state index contributed by atoms with van der Waals surface area (Å²) in [6.45, 7) is 3.77. The Morgan fingerprint density at radius 3 is 2.33 bits per heavy atom. The van der Waals surface area contributed by atoms with Crippen molar-refractivity contribution in [3.8, 4) is 22.5 Å². The minimum atomic E-state index is -0.829. The highest BCUT2D eigenvalue weighted by atomic mass is 32.2. The first-order valence-corrected chi connectivity index (χ1v) is 15.1. The van der Waals surface area contributed by atoms with E-state index in [0.29, 0.717) is 22.8 Å². The van der Waals surface area contributed by atoms with Crippen molar-refractivity contribution in [3.63, 3.8) is 0 Å². The largest absolute Gasteiger partial charge is 0.460 e. The van der Waals surface area contributed by atoms with Crippen molar-refractivity contribution in [2.75, 3.05) is 6.54 Å². The molecule has 11 heteroatoms. The van der Waals surface area contributed by atoms with Gasteiger partial charge in [-0.15, -0.1) is 10.2 Å². The number of amides is 1. The number of aromatic nitrogens is 4. The van der Waals surface area contributed by atoms with Gasteiger partial charge >= 0.3 is 5.97 Å². The molecule has 3 N–H and O–H groups in total. The lowest BCUT2D eigenvalue weighted by Gasteiger charge is -2.19. The van der Waals surface area contributed by atoms with Crippen LogP contribution in [0.1, 0.15) is 34.0 Å². The number of rotatable bonds is 12. The fourth-order valence-electron chi connectivity index (χ4n) is 4.67. The van der Waals surface area contributed by atoms with E-state index in [1.54, 1.807) is 12.1 Å². The van der Waals surface area contributed by atoms with Crippen LogP contribution in [0.25, 0.3) is 22.5 Å². The van der Waals surface area contributed by atoms with Gasteiger partial charge in [-0.1, -0.05) is 102 Å². The first-order chi connectivity index (χ1) is 21.9. The molecule has 4 aromatic carbocycles. The summed E-state index contributed by atoms with van der Waals surface area (Å²) in [5.41, 5.74) is 5.84. The number of hydrogen-bond acceptors (Lipinski definition) is 9. The Bertz CT molecular complexity index is 1760. The smallest absolute Gasteiger partial charge is 0.325 e. The van der Waals surface area contributed by atoms with Crippen molar-refractivity contribution >= 4 is 28.8 Å². The van der Waals surface area contributed by atoms with Gasteiger partial charge in [-0.3, -0.25) is 19.7 Å². The van der Waals surface area contributed by atoms with Crippen molar-refractivity contribution in [3.05, 3.63) is 119 Å². The van der Waals surface area contributed by atoms with E-state index in [1.165, 1.54) is 6.92 Å². The predicted octanol–water partition coefficient (Wildman–Crippen LogP) is 5.11. The normalized spacial score (nSPS) is 11.5. The van der Waals surface area contributed by atoms with E-state index in [-0.39, 0.29) is 24.2 Å². The second kappa shape index (κ2) is 15.0. The van der Waals surface area contributed by atoms with E-state index in [0.717, 1.165) is 45.1 Å². The van der Waals surface area contributed by atoms with Gasteiger partial charge in [0.15, 0.2) is 5.12 Å². The van der Waals surface area contributed by atoms with E-state index in [1.807, 2.05) is 91.9 Å². The van der Waals surface area contributed by atoms with Gasteiger partial charge in [-0.25, -0.2) is 0 Å². The molecule has 5 rings (SSSR count). The van der Waals surface area contributed by atoms with Crippen LogP contribution >= 0.6 is 11.8 Å². The summed E-state index contributed by atoms with van der Waals surface area (Å²) in [6.07, 6.45) is 0. The number of nitrogens with one attached hydrogen (secondary N) is 3. The average molecular weight is 621 g/mol. The Morgan fingerprint density at radius 1 is 0.889 bits per heavy atom. The Morgan fingerprint density at radius 2 is 1.62 bits per heavy atom. The van der Waals surface area contributed by atoms with Crippen LogP contribution in [0.5, 0.6) is 0 Å². The number of esters is 1. The molecule has 1 heterocycles. The zero-order valence-electron chi connectivity index (χ0n) is 24.8. The molecular weight excluding hydrogens is 588 g/mol. The number of ether oxygens (including phenoxy) is 1. The fraction of sp³-hybridized carbons (Fsp3) is 0.176. The van der Waals surface area contributed by atoms with Gasteiger partial charge in [0.25, 0.3) is 5.91 Å². The number of benzene rings is 4. The van der Waals surface area contributed by atoms with E-state index in [2.05, 4.69) is 31.3 Å². The number of aromatic amines is 1. The monoisotopic (exact) mass is 620 g/mol. The van der Waals surface area contributed by atoms with Crippen LogP contribution in [-0.2, 0) is 27.5 Å². The topological polar surface area (TPSA) is 139 Å². The maximum absolute atomic E-state index is 13.2. The Balaban J connectivity index is 1.29. The number of nitrogens with zero attached hydrogens (tertiary/aromatic N) is 3. The maximum Gasteiger partial charge on any atom is 0.325 e. The molecular formula is C34H32N6O4S. The van der Waals surface area contributed by atoms with Gasteiger partial charge in [0.05, 0.1) is 5.56 Å². The molecule has 1 atom stereocenters. The second-order valence-corrected chi connectivity index (χ2v) is 11.5. The molecule has 0 aliphatic carbocycles. The SMILES string of the molecule is CC(=O)Sc1ccc(C)cc1C(=O)NCC(NCc1ccc(-c2ccccc2-c2nn[nH]n2)cc1)C(=O)OCc1ccccc1. The summed E-state index contributed by atoms with van der Waals surface area (Å²) in [4.78, 5) is 38.8. The summed E-state index contributed by atoms with van der Waals surface area (Å²) in [5.74, 6) is -0.366. The number of aryl methyl sites for hydroxylation is 1. The van der Waals surface area contributed by atoms with Crippen LogP contribution in [0.4, 0.5) is 0 Å². The molecule has 10 nitrogen and oxygen atoms in total. The van der Waals surface area contributed by atoms with Gasteiger partial charge in [-0.2, -0.15) is 5.21 Å². The third kappa shape index (κ3) is 8.49. The molecule has 1 unspecified atom stereocenters. The minimum absolute atomic E-state index is 0.0132. The molecule has 5 aromatic rings. The lowest BCUT2D eigenvalue weighted by Crippen LogP contribution is -2.46. The Labute approximate surface area is 265 Å². The number of tetrazole rings is 1. The van der Waals surface area contributed by atoms with E-state index < -0.39 is 12.0 Å². The van der Waals surface area contributed by atoms with Crippen LogP contribution in [0.2, 0.25) is 0 Å². The molecule has 228 valence electrons. The van der Waals surface area contributed by atoms with Gasteiger partial charge < -0.3 is 10.1 Å². The van der Waals surface area contributed by atoms with Crippen LogP contribution < -0.4 is 10.6 Å². The van der Waals surface area contributed by atoms with Crippen molar-refractivity contribution in [2.45, 2.75) is 37.9 Å². The number of carbonyl (C=O) groups is 3. The fourth-order valence-corrected chi connectivity index (χ4v) is 5.38. The quantitative estimate of drug-likeness (QED) is 0.128. The lowest BCUT2D eigenvalue weighted by molar-refractivity contribution is -0.147. The van der Waals surface area contributed by atoms with Gasteiger partial charge in [0.2, 0.25) is 5.82 Å². The number of H-pyrrole nitrogens is 1. The number of thioether (sulfide) groups is 1. The zero-order valence-corrected chi connectivity index (χ0v) is 25.6. The summed E-state index contributed by atoms with van der Waals surface area (Å²) < 4.78 is 5.62. The summed E-state index contributed by atoms with van der Waals surface area (Å²) in [6, 6.07) is 29.6. The molecule has 0 bridgehead atoms. The minimum Gasteiger partial charge on any atom is -0.460 e. The third-order valence-corrected chi connectivity index (χ3v) is 7.80.